The van der Waals surface area contributed by atoms with E-state index in [-0.39, 0.29) is 0 Å². The minimum Gasteiger partial charge on any atom is -0.436 e. The van der Waals surface area contributed by atoms with Crippen LogP contribution in [0.25, 0.3) is 0 Å². The summed E-state index contributed by atoms with van der Waals surface area (Å²) in [6.07, 6.45) is 3.03. The summed E-state index contributed by atoms with van der Waals surface area (Å²) in [5.41, 5.74) is 6.11. The fraction of sp³-hybridized carbons (Fsp3) is 0.0909. The molecule has 0 atom stereocenters. The summed E-state index contributed by atoms with van der Waals surface area (Å²) in [4.78, 5) is 8.13. The maximum atomic E-state index is 6.03. The average Bonchev–Trinajstić information content (AvgIpc) is 2.37. The maximum absolute atomic E-state index is 6.03. The highest BCUT2D eigenvalue weighted by Gasteiger charge is 2.08. The fourth-order valence-corrected chi connectivity index (χ4v) is 2.03. The van der Waals surface area contributed by atoms with Crippen LogP contribution in [-0.4, -0.2) is 9.97 Å². The zero-order valence-corrected chi connectivity index (χ0v) is 12.1. The van der Waals surface area contributed by atoms with Gasteiger partial charge in [-0.15, -0.1) is 0 Å². The Bertz CT molecular complexity index is 563. The zero-order valence-electron chi connectivity index (χ0n) is 9.03. The minimum atomic E-state index is 0.326. The quantitative estimate of drug-likeness (QED) is 0.857. The molecule has 1 aromatic carbocycles. The van der Waals surface area contributed by atoms with Gasteiger partial charge in [0.1, 0.15) is 5.75 Å². The van der Waals surface area contributed by atoms with Gasteiger partial charge in [0.2, 0.25) is 5.88 Å². The van der Waals surface area contributed by atoms with E-state index in [1.54, 1.807) is 18.3 Å². The largest absolute Gasteiger partial charge is 0.436 e. The van der Waals surface area contributed by atoms with Gasteiger partial charge in [0, 0.05) is 17.1 Å². The van der Waals surface area contributed by atoms with Crippen molar-refractivity contribution in [2.45, 2.75) is 6.54 Å². The Morgan fingerprint density at radius 1 is 1.17 bits per heavy atom. The van der Waals surface area contributed by atoms with E-state index in [0.29, 0.717) is 38.4 Å². The topological polar surface area (TPSA) is 61.0 Å². The highest BCUT2D eigenvalue weighted by atomic mass is 79.9. The molecular weight excluding hydrogens is 341 g/mol. The van der Waals surface area contributed by atoms with Gasteiger partial charge in [-0.3, -0.25) is 4.98 Å². The van der Waals surface area contributed by atoms with Gasteiger partial charge >= 0.3 is 0 Å². The molecule has 0 aliphatic rings. The van der Waals surface area contributed by atoms with Crippen LogP contribution in [0.5, 0.6) is 11.6 Å². The van der Waals surface area contributed by atoms with Gasteiger partial charge in [0.05, 0.1) is 28.1 Å². The first-order valence-corrected chi connectivity index (χ1v) is 6.48. The number of benzene rings is 1. The third-order valence-corrected chi connectivity index (χ3v) is 3.57. The molecule has 1 aromatic heterocycles. The van der Waals surface area contributed by atoms with Crippen LogP contribution in [0.15, 0.2) is 29.0 Å². The molecule has 0 spiro atoms. The van der Waals surface area contributed by atoms with Crippen LogP contribution in [0.1, 0.15) is 5.69 Å². The summed E-state index contributed by atoms with van der Waals surface area (Å²) in [5.74, 6) is 0.743. The third kappa shape index (κ3) is 3.11. The SMILES string of the molecule is NCc1cnc(Oc2cc(Cl)c(Br)cc2Cl)cn1. The van der Waals surface area contributed by atoms with Gasteiger partial charge < -0.3 is 10.5 Å². The molecule has 2 N–H and O–H groups in total. The summed E-state index contributed by atoms with van der Waals surface area (Å²) in [6, 6.07) is 3.26. The van der Waals surface area contributed by atoms with Crippen molar-refractivity contribution >= 4 is 39.1 Å². The van der Waals surface area contributed by atoms with Crippen LogP contribution in [0, 0.1) is 0 Å². The minimum absolute atomic E-state index is 0.326. The molecule has 0 bridgehead atoms. The first kappa shape index (κ1) is 13.5. The van der Waals surface area contributed by atoms with Crippen molar-refractivity contribution in [3.05, 3.63) is 44.7 Å². The smallest absolute Gasteiger partial charge is 0.237 e. The van der Waals surface area contributed by atoms with E-state index in [9.17, 15) is 0 Å². The normalized spacial score (nSPS) is 10.4. The first-order valence-electron chi connectivity index (χ1n) is 4.93. The molecule has 7 heteroatoms. The molecule has 0 amide bonds. The summed E-state index contributed by atoms with van der Waals surface area (Å²) in [7, 11) is 0. The average molecular weight is 349 g/mol. The van der Waals surface area contributed by atoms with E-state index < -0.39 is 0 Å². The van der Waals surface area contributed by atoms with Crippen molar-refractivity contribution in [3.63, 3.8) is 0 Å². The highest BCUT2D eigenvalue weighted by Crippen LogP contribution is 2.35. The molecule has 0 saturated carbocycles. The van der Waals surface area contributed by atoms with E-state index in [1.807, 2.05) is 0 Å². The number of hydrogen-bond acceptors (Lipinski definition) is 4. The number of aromatic nitrogens is 2. The van der Waals surface area contributed by atoms with E-state index in [4.69, 9.17) is 33.7 Å². The lowest BCUT2D eigenvalue weighted by Crippen LogP contribution is -2.00. The maximum Gasteiger partial charge on any atom is 0.237 e. The van der Waals surface area contributed by atoms with Crippen molar-refractivity contribution in [3.8, 4) is 11.6 Å². The summed E-state index contributed by atoms with van der Waals surface area (Å²) < 4.78 is 6.19. The molecule has 4 nitrogen and oxygen atoms in total. The number of nitrogens with two attached hydrogens (primary N) is 1. The number of ether oxygens (including phenoxy) is 1. The number of halogens is 3. The molecule has 0 radical (unpaired) electrons. The Kier molecular flexibility index (Phi) is 4.40. The second-order valence-corrected chi connectivity index (χ2v) is 5.02. The van der Waals surface area contributed by atoms with Crippen LogP contribution < -0.4 is 10.5 Å². The van der Waals surface area contributed by atoms with Gasteiger partial charge in [-0.1, -0.05) is 23.2 Å². The predicted octanol–water partition coefficient (Wildman–Crippen LogP) is 3.80. The van der Waals surface area contributed by atoms with Crippen LogP contribution in [-0.2, 0) is 6.54 Å². The molecule has 0 aliphatic carbocycles. The molecule has 1 heterocycles. The predicted molar refractivity (Wildman–Crippen MR) is 74.2 cm³/mol. The van der Waals surface area contributed by atoms with E-state index >= 15 is 0 Å². The van der Waals surface area contributed by atoms with Crippen molar-refractivity contribution in [2.75, 3.05) is 0 Å². The molecule has 2 aromatic rings. The van der Waals surface area contributed by atoms with E-state index in [1.165, 1.54) is 6.20 Å². The van der Waals surface area contributed by atoms with E-state index in [0.717, 1.165) is 0 Å². The van der Waals surface area contributed by atoms with Gasteiger partial charge in [0.25, 0.3) is 0 Å². The van der Waals surface area contributed by atoms with Crippen molar-refractivity contribution in [1.82, 2.24) is 9.97 Å². The van der Waals surface area contributed by atoms with Gasteiger partial charge in [0.15, 0.2) is 0 Å². The molecule has 2 rings (SSSR count). The molecule has 0 unspecified atom stereocenters. The lowest BCUT2D eigenvalue weighted by Gasteiger charge is -2.08. The Balaban J connectivity index is 2.25. The standard InChI is InChI=1S/C11H8BrCl2N3O/c12-7-1-9(14)10(2-8(7)13)18-11-5-16-6(3-15)4-17-11/h1-2,4-5H,3,15H2. The first-order chi connectivity index (χ1) is 8.60. The lowest BCUT2D eigenvalue weighted by molar-refractivity contribution is 0.459. The molecule has 94 valence electrons. The Hall–Kier alpha value is -0.880. The molecule has 0 saturated heterocycles. The second-order valence-electron chi connectivity index (χ2n) is 3.35. The van der Waals surface area contributed by atoms with E-state index in [2.05, 4.69) is 25.9 Å². The molecule has 0 aliphatic heterocycles. The lowest BCUT2D eigenvalue weighted by atomic mass is 10.3. The number of nitrogens with zero attached hydrogens (tertiary/aromatic N) is 2. The molecular formula is C11H8BrCl2N3O. The van der Waals surface area contributed by atoms with Gasteiger partial charge in [-0.05, 0) is 22.0 Å². The van der Waals surface area contributed by atoms with Crippen LogP contribution >= 0.6 is 39.1 Å². The van der Waals surface area contributed by atoms with Crippen LogP contribution in [0.3, 0.4) is 0 Å². The van der Waals surface area contributed by atoms with Crippen LogP contribution in [0.4, 0.5) is 0 Å². The number of rotatable bonds is 3. The molecule has 18 heavy (non-hydrogen) atoms. The summed E-state index contributed by atoms with van der Waals surface area (Å²) in [6.45, 7) is 0.331. The van der Waals surface area contributed by atoms with Crippen molar-refractivity contribution in [2.24, 2.45) is 5.73 Å². The second kappa shape index (κ2) is 5.84. The third-order valence-electron chi connectivity index (χ3n) is 2.08. The summed E-state index contributed by atoms with van der Waals surface area (Å²) in [5, 5.41) is 0.928. The van der Waals surface area contributed by atoms with Crippen molar-refractivity contribution in [1.29, 1.82) is 0 Å². The van der Waals surface area contributed by atoms with Crippen molar-refractivity contribution < 1.29 is 4.74 Å². The zero-order chi connectivity index (χ0) is 13.1. The van der Waals surface area contributed by atoms with Crippen LogP contribution in [0.2, 0.25) is 10.0 Å². The number of hydrogen-bond donors (Lipinski definition) is 1. The van der Waals surface area contributed by atoms with Gasteiger partial charge in [-0.25, -0.2) is 4.98 Å². The Morgan fingerprint density at radius 2 is 1.94 bits per heavy atom. The Morgan fingerprint density at radius 3 is 2.56 bits per heavy atom. The fourth-order valence-electron chi connectivity index (χ4n) is 1.20. The monoisotopic (exact) mass is 347 g/mol. The summed E-state index contributed by atoms with van der Waals surface area (Å²) >= 11 is 15.3. The Labute approximate surface area is 122 Å². The highest BCUT2D eigenvalue weighted by molar-refractivity contribution is 9.10. The molecule has 0 fully saturated rings. The van der Waals surface area contributed by atoms with Gasteiger partial charge in [-0.2, -0.15) is 0 Å².